The van der Waals surface area contributed by atoms with E-state index in [1.165, 1.54) is 12.3 Å². The smallest absolute Gasteiger partial charge is 0.414 e. The van der Waals surface area contributed by atoms with Crippen LogP contribution in [0.3, 0.4) is 0 Å². The lowest BCUT2D eigenvalue weighted by Crippen LogP contribution is -2.35. The number of nitrogens with zero attached hydrogens (tertiary/aromatic N) is 2. The van der Waals surface area contributed by atoms with Crippen molar-refractivity contribution in [2.75, 3.05) is 11.4 Å². The van der Waals surface area contributed by atoms with Crippen LogP contribution in [0.15, 0.2) is 36.7 Å². The van der Waals surface area contributed by atoms with Gasteiger partial charge in [-0.3, -0.25) is 9.88 Å². The van der Waals surface area contributed by atoms with Crippen LogP contribution < -0.4 is 4.90 Å². The highest BCUT2D eigenvalue weighted by atomic mass is 16.6. The summed E-state index contributed by atoms with van der Waals surface area (Å²) < 4.78 is 5.44. The third kappa shape index (κ3) is 3.47. The van der Waals surface area contributed by atoms with Crippen LogP contribution in [-0.4, -0.2) is 34.3 Å². The number of hydrogen-bond acceptors (Lipinski definition) is 4. The standard InChI is InChI=1S/C19H20N2O4/c1-19(2,3)25-18(24)21-9-7-13-10-12(4-5-16(13)21)15-11-20-8-6-14(15)17(22)23/h4-6,8,10-11H,7,9H2,1-3H3,(H,22,23). The first-order valence-electron chi connectivity index (χ1n) is 8.07. The molecule has 2 heterocycles. The molecule has 0 fully saturated rings. The van der Waals surface area contributed by atoms with Crippen molar-refractivity contribution < 1.29 is 19.4 Å². The van der Waals surface area contributed by atoms with Crippen LogP contribution in [0.25, 0.3) is 11.1 Å². The molecule has 1 aliphatic rings. The third-order valence-corrected chi connectivity index (χ3v) is 3.95. The summed E-state index contributed by atoms with van der Waals surface area (Å²) in [4.78, 5) is 29.4. The van der Waals surface area contributed by atoms with Gasteiger partial charge < -0.3 is 9.84 Å². The number of carbonyl (C=O) groups is 2. The van der Waals surface area contributed by atoms with Crippen molar-refractivity contribution in [1.29, 1.82) is 0 Å². The monoisotopic (exact) mass is 340 g/mol. The van der Waals surface area contributed by atoms with Gasteiger partial charge in [0.25, 0.3) is 0 Å². The number of carboxylic acid groups (broad SMARTS) is 1. The average Bonchev–Trinajstić information content (AvgIpc) is 2.96. The maximum Gasteiger partial charge on any atom is 0.414 e. The molecule has 25 heavy (non-hydrogen) atoms. The van der Waals surface area contributed by atoms with Gasteiger partial charge in [0.15, 0.2) is 0 Å². The van der Waals surface area contributed by atoms with Crippen LogP contribution in [0.5, 0.6) is 0 Å². The average molecular weight is 340 g/mol. The van der Waals surface area contributed by atoms with Gasteiger partial charge in [-0.05, 0) is 56.5 Å². The van der Waals surface area contributed by atoms with E-state index < -0.39 is 11.6 Å². The molecule has 0 saturated heterocycles. The number of fused-ring (bicyclic) bond motifs is 1. The van der Waals surface area contributed by atoms with E-state index in [9.17, 15) is 14.7 Å². The maximum atomic E-state index is 12.3. The highest BCUT2D eigenvalue weighted by molar-refractivity contribution is 5.96. The molecule has 0 saturated carbocycles. The molecule has 1 aliphatic heterocycles. The summed E-state index contributed by atoms with van der Waals surface area (Å²) in [7, 11) is 0. The first-order valence-corrected chi connectivity index (χ1v) is 8.07. The van der Waals surface area contributed by atoms with E-state index in [1.807, 2.05) is 39.0 Å². The normalized spacial score (nSPS) is 13.5. The molecular formula is C19H20N2O4. The van der Waals surface area contributed by atoms with Crippen molar-refractivity contribution in [2.24, 2.45) is 0 Å². The van der Waals surface area contributed by atoms with Gasteiger partial charge in [-0.1, -0.05) is 6.07 Å². The van der Waals surface area contributed by atoms with Gasteiger partial charge in [-0.15, -0.1) is 0 Å². The minimum atomic E-state index is -0.992. The highest BCUT2D eigenvalue weighted by Gasteiger charge is 2.29. The van der Waals surface area contributed by atoms with Crippen molar-refractivity contribution in [3.63, 3.8) is 0 Å². The van der Waals surface area contributed by atoms with Crippen LogP contribution in [0.4, 0.5) is 10.5 Å². The summed E-state index contributed by atoms with van der Waals surface area (Å²) >= 11 is 0. The van der Waals surface area contributed by atoms with Gasteiger partial charge in [-0.25, -0.2) is 9.59 Å². The second kappa shape index (κ2) is 6.20. The number of carboxylic acids is 1. The number of pyridine rings is 1. The molecule has 0 atom stereocenters. The molecule has 0 bridgehead atoms. The minimum absolute atomic E-state index is 0.206. The Labute approximate surface area is 146 Å². The number of benzene rings is 1. The fraction of sp³-hybridized carbons (Fsp3) is 0.316. The van der Waals surface area contributed by atoms with Gasteiger partial charge in [-0.2, -0.15) is 0 Å². The molecular weight excluding hydrogens is 320 g/mol. The Morgan fingerprint density at radius 3 is 2.68 bits per heavy atom. The number of rotatable bonds is 2. The molecule has 0 aliphatic carbocycles. The van der Waals surface area contributed by atoms with Crippen molar-refractivity contribution in [3.8, 4) is 11.1 Å². The topological polar surface area (TPSA) is 79.7 Å². The summed E-state index contributed by atoms with van der Waals surface area (Å²) in [6.45, 7) is 6.05. The minimum Gasteiger partial charge on any atom is -0.478 e. The van der Waals surface area contributed by atoms with E-state index in [1.54, 1.807) is 11.1 Å². The zero-order valence-corrected chi connectivity index (χ0v) is 14.4. The number of ether oxygens (including phenoxy) is 1. The van der Waals surface area contributed by atoms with E-state index in [0.29, 0.717) is 18.5 Å². The molecule has 1 aromatic carbocycles. The molecule has 6 nitrogen and oxygen atoms in total. The van der Waals surface area contributed by atoms with Crippen molar-refractivity contribution in [3.05, 3.63) is 47.8 Å². The molecule has 1 amide bonds. The zero-order valence-electron chi connectivity index (χ0n) is 14.4. The Balaban J connectivity index is 1.93. The number of hydrogen-bond donors (Lipinski definition) is 1. The summed E-state index contributed by atoms with van der Waals surface area (Å²) in [6.07, 6.45) is 3.34. The Morgan fingerprint density at radius 2 is 2.00 bits per heavy atom. The van der Waals surface area contributed by atoms with E-state index in [0.717, 1.165) is 16.8 Å². The van der Waals surface area contributed by atoms with Gasteiger partial charge in [0.2, 0.25) is 0 Å². The predicted octanol–water partition coefficient (Wildman–Crippen LogP) is 3.74. The van der Waals surface area contributed by atoms with Crippen molar-refractivity contribution in [2.45, 2.75) is 32.8 Å². The summed E-state index contributed by atoms with van der Waals surface area (Å²) in [5.74, 6) is -0.992. The molecule has 0 radical (unpaired) electrons. The van der Waals surface area contributed by atoms with Crippen molar-refractivity contribution in [1.82, 2.24) is 4.98 Å². The molecule has 6 heteroatoms. The summed E-state index contributed by atoms with van der Waals surface area (Å²) in [5.41, 5.74) is 2.79. The highest BCUT2D eigenvalue weighted by Crippen LogP contribution is 2.34. The number of anilines is 1. The maximum absolute atomic E-state index is 12.3. The van der Waals surface area contributed by atoms with E-state index >= 15 is 0 Å². The van der Waals surface area contributed by atoms with Crippen molar-refractivity contribution >= 4 is 17.7 Å². The summed E-state index contributed by atoms with van der Waals surface area (Å²) in [6, 6.07) is 7.05. The quantitative estimate of drug-likeness (QED) is 0.901. The van der Waals surface area contributed by atoms with Crippen LogP contribution >= 0.6 is 0 Å². The molecule has 0 spiro atoms. The molecule has 1 aromatic heterocycles. The Kier molecular flexibility index (Phi) is 4.20. The molecule has 130 valence electrons. The van der Waals surface area contributed by atoms with E-state index in [4.69, 9.17) is 4.74 Å². The third-order valence-electron chi connectivity index (χ3n) is 3.95. The van der Waals surface area contributed by atoms with Crippen LogP contribution in [0, 0.1) is 0 Å². The second-order valence-corrected chi connectivity index (χ2v) is 6.95. The zero-order chi connectivity index (χ0) is 18.2. The van der Waals surface area contributed by atoms with Crippen LogP contribution in [0.1, 0.15) is 36.7 Å². The van der Waals surface area contributed by atoms with E-state index in [-0.39, 0.29) is 11.7 Å². The van der Waals surface area contributed by atoms with Gasteiger partial charge >= 0.3 is 12.1 Å². The Bertz CT molecular complexity index is 840. The number of amides is 1. The predicted molar refractivity (Wildman–Crippen MR) is 93.9 cm³/mol. The first kappa shape index (κ1) is 17.0. The van der Waals surface area contributed by atoms with E-state index in [2.05, 4.69) is 4.98 Å². The van der Waals surface area contributed by atoms with Crippen LogP contribution in [0.2, 0.25) is 0 Å². The number of aromatic nitrogens is 1. The Hall–Kier alpha value is -2.89. The lowest BCUT2D eigenvalue weighted by molar-refractivity contribution is 0.0583. The molecule has 2 aromatic rings. The molecule has 0 unspecified atom stereocenters. The summed E-state index contributed by atoms with van der Waals surface area (Å²) in [5, 5.41) is 9.35. The SMILES string of the molecule is CC(C)(C)OC(=O)N1CCc2cc(-c3cnccc3C(=O)O)ccc21. The van der Waals surface area contributed by atoms with Crippen LogP contribution in [-0.2, 0) is 11.2 Å². The lowest BCUT2D eigenvalue weighted by Gasteiger charge is -2.24. The Morgan fingerprint density at radius 1 is 1.24 bits per heavy atom. The van der Waals surface area contributed by atoms with Gasteiger partial charge in [0.05, 0.1) is 11.3 Å². The van der Waals surface area contributed by atoms with Gasteiger partial charge in [0.1, 0.15) is 5.60 Å². The number of aromatic carboxylic acids is 1. The number of carbonyl (C=O) groups excluding carboxylic acids is 1. The fourth-order valence-electron chi connectivity index (χ4n) is 2.89. The lowest BCUT2D eigenvalue weighted by atomic mass is 9.99. The van der Waals surface area contributed by atoms with Gasteiger partial charge in [0, 0.05) is 24.5 Å². The second-order valence-electron chi connectivity index (χ2n) is 6.95. The fourth-order valence-corrected chi connectivity index (χ4v) is 2.89. The largest absolute Gasteiger partial charge is 0.478 e. The molecule has 3 rings (SSSR count). The molecule has 1 N–H and O–H groups in total. The first-order chi connectivity index (χ1) is 11.8.